The van der Waals surface area contributed by atoms with Crippen molar-refractivity contribution < 1.29 is 17.9 Å². The number of benzene rings is 1. The summed E-state index contributed by atoms with van der Waals surface area (Å²) in [5, 5.41) is 2.90. The summed E-state index contributed by atoms with van der Waals surface area (Å²) in [5.74, 6) is 0.625. The van der Waals surface area contributed by atoms with Crippen molar-refractivity contribution in [1.29, 1.82) is 0 Å². The Kier molecular flexibility index (Phi) is 5.47. The van der Waals surface area contributed by atoms with Crippen LogP contribution in [0.2, 0.25) is 0 Å². The second kappa shape index (κ2) is 6.43. The average Bonchev–Trinajstić information content (AvgIpc) is 2.30. The molecular formula is C12H15BrF3NO. The first-order valence-corrected chi connectivity index (χ1v) is 6.24. The van der Waals surface area contributed by atoms with Gasteiger partial charge in [-0.05, 0) is 37.2 Å². The summed E-state index contributed by atoms with van der Waals surface area (Å²) in [7, 11) is 3.17. The second-order valence-corrected chi connectivity index (χ2v) is 4.74. The van der Waals surface area contributed by atoms with Crippen molar-refractivity contribution in [2.45, 2.75) is 25.1 Å². The third kappa shape index (κ3) is 4.49. The number of halogens is 4. The van der Waals surface area contributed by atoms with E-state index in [1.807, 2.05) is 0 Å². The SMILES string of the molecule is CNC(CCC(F)(F)F)c1cc(OC)ccc1Br. The van der Waals surface area contributed by atoms with Crippen molar-refractivity contribution in [2.75, 3.05) is 14.2 Å². The second-order valence-electron chi connectivity index (χ2n) is 3.88. The lowest BCUT2D eigenvalue weighted by Gasteiger charge is -2.19. The lowest BCUT2D eigenvalue weighted by atomic mass is 10.0. The van der Waals surface area contributed by atoms with E-state index in [1.165, 1.54) is 7.11 Å². The smallest absolute Gasteiger partial charge is 0.389 e. The molecule has 6 heteroatoms. The molecule has 0 amide bonds. The Balaban J connectivity index is 2.87. The molecule has 0 aliphatic rings. The minimum atomic E-state index is -4.14. The molecule has 0 spiro atoms. The minimum Gasteiger partial charge on any atom is -0.497 e. The maximum atomic E-state index is 12.2. The quantitative estimate of drug-likeness (QED) is 0.881. The van der Waals surface area contributed by atoms with Gasteiger partial charge in [-0.3, -0.25) is 0 Å². The lowest BCUT2D eigenvalue weighted by molar-refractivity contribution is -0.136. The molecule has 0 saturated heterocycles. The maximum Gasteiger partial charge on any atom is 0.389 e. The minimum absolute atomic E-state index is 0.00817. The van der Waals surface area contributed by atoms with E-state index in [2.05, 4.69) is 21.2 Å². The van der Waals surface area contributed by atoms with Crippen LogP contribution in [0.1, 0.15) is 24.4 Å². The molecule has 18 heavy (non-hydrogen) atoms. The molecule has 1 N–H and O–H groups in total. The van der Waals surface area contributed by atoms with E-state index in [4.69, 9.17) is 4.74 Å². The molecule has 102 valence electrons. The van der Waals surface area contributed by atoms with Crippen molar-refractivity contribution in [1.82, 2.24) is 5.32 Å². The lowest BCUT2D eigenvalue weighted by Crippen LogP contribution is -2.20. The van der Waals surface area contributed by atoms with E-state index in [-0.39, 0.29) is 12.5 Å². The van der Waals surface area contributed by atoms with Gasteiger partial charge in [0, 0.05) is 16.9 Å². The fourth-order valence-electron chi connectivity index (χ4n) is 1.68. The summed E-state index contributed by atoms with van der Waals surface area (Å²) >= 11 is 3.34. The third-order valence-electron chi connectivity index (χ3n) is 2.64. The average molecular weight is 326 g/mol. The van der Waals surface area contributed by atoms with Crippen molar-refractivity contribution in [3.63, 3.8) is 0 Å². The van der Waals surface area contributed by atoms with Crippen LogP contribution in [0.4, 0.5) is 13.2 Å². The molecular weight excluding hydrogens is 311 g/mol. The highest BCUT2D eigenvalue weighted by molar-refractivity contribution is 9.10. The summed E-state index contributed by atoms with van der Waals surface area (Å²) in [6.07, 6.45) is -4.96. The number of ether oxygens (including phenoxy) is 1. The fourth-order valence-corrected chi connectivity index (χ4v) is 2.20. The molecule has 0 heterocycles. The van der Waals surface area contributed by atoms with Gasteiger partial charge in [0.1, 0.15) is 5.75 Å². The molecule has 0 aromatic heterocycles. The number of rotatable bonds is 5. The molecule has 0 aliphatic heterocycles. The molecule has 0 fully saturated rings. The highest BCUT2D eigenvalue weighted by Crippen LogP contribution is 2.32. The van der Waals surface area contributed by atoms with Gasteiger partial charge in [0.15, 0.2) is 0 Å². The van der Waals surface area contributed by atoms with Gasteiger partial charge in [0.05, 0.1) is 7.11 Å². The van der Waals surface area contributed by atoms with Crippen molar-refractivity contribution >= 4 is 15.9 Å². The Morgan fingerprint density at radius 3 is 2.56 bits per heavy atom. The summed E-state index contributed by atoms with van der Waals surface area (Å²) < 4.78 is 42.6. The third-order valence-corrected chi connectivity index (χ3v) is 3.37. The van der Waals surface area contributed by atoms with Gasteiger partial charge in [-0.25, -0.2) is 0 Å². The first-order chi connectivity index (χ1) is 8.37. The van der Waals surface area contributed by atoms with Gasteiger partial charge >= 0.3 is 6.18 Å². The standard InChI is InChI=1S/C12H15BrF3NO/c1-17-11(5-6-12(14,15)16)9-7-8(18-2)3-4-10(9)13/h3-4,7,11,17H,5-6H2,1-2H3. The van der Waals surface area contributed by atoms with Crippen LogP contribution >= 0.6 is 15.9 Å². The van der Waals surface area contributed by atoms with Crippen molar-refractivity contribution in [2.24, 2.45) is 0 Å². The van der Waals surface area contributed by atoms with Gasteiger partial charge in [-0.1, -0.05) is 15.9 Å². The molecule has 0 saturated carbocycles. The van der Waals surface area contributed by atoms with Crippen LogP contribution < -0.4 is 10.1 Å². The van der Waals surface area contributed by atoms with Crippen LogP contribution in [0.3, 0.4) is 0 Å². The van der Waals surface area contributed by atoms with Crippen LogP contribution in [0.5, 0.6) is 5.75 Å². The summed E-state index contributed by atoms with van der Waals surface area (Å²) in [6.45, 7) is 0. The summed E-state index contributed by atoms with van der Waals surface area (Å²) in [4.78, 5) is 0. The predicted molar refractivity (Wildman–Crippen MR) is 67.8 cm³/mol. The molecule has 1 unspecified atom stereocenters. The van der Waals surface area contributed by atoms with Crippen molar-refractivity contribution in [3.8, 4) is 5.75 Å². The first kappa shape index (κ1) is 15.3. The largest absolute Gasteiger partial charge is 0.497 e. The van der Waals surface area contributed by atoms with E-state index in [9.17, 15) is 13.2 Å². The van der Waals surface area contributed by atoms with Crippen LogP contribution in [-0.4, -0.2) is 20.3 Å². The Hall–Kier alpha value is -0.750. The van der Waals surface area contributed by atoms with Gasteiger partial charge in [-0.15, -0.1) is 0 Å². The van der Waals surface area contributed by atoms with Crippen molar-refractivity contribution in [3.05, 3.63) is 28.2 Å². The molecule has 0 aliphatic carbocycles. The highest BCUT2D eigenvalue weighted by atomic mass is 79.9. The Morgan fingerprint density at radius 2 is 2.06 bits per heavy atom. The molecule has 1 aromatic carbocycles. The molecule has 2 nitrogen and oxygen atoms in total. The summed E-state index contributed by atoms with van der Waals surface area (Å²) in [5.41, 5.74) is 0.765. The number of hydrogen-bond donors (Lipinski definition) is 1. The Bertz CT molecular complexity index is 395. The van der Waals surface area contributed by atoms with Crippen LogP contribution in [-0.2, 0) is 0 Å². The van der Waals surface area contributed by atoms with Gasteiger partial charge < -0.3 is 10.1 Å². The molecule has 1 atom stereocenters. The zero-order valence-electron chi connectivity index (χ0n) is 10.1. The fraction of sp³-hybridized carbons (Fsp3) is 0.500. The number of methoxy groups -OCH3 is 1. The van der Waals surface area contributed by atoms with Gasteiger partial charge in [0.2, 0.25) is 0 Å². The molecule has 1 aromatic rings. The molecule has 1 rings (SSSR count). The molecule has 0 bridgehead atoms. The maximum absolute atomic E-state index is 12.2. The number of hydrogen-bond acceptors (Lipinski definition) is 2. The van der Waals surface area contributed by atoms with Gasteiger partial charge in [-0.2, -0.15) is 13.2 Å². The summed E-state index contributed by atoms with van der Waals surface area (Å²) in [6, 6.07) is 4.90. The van der Waals surface area contributed by atoms with E-state index < -0.39 is 12.6 Å². The molecule has 0 radical (unpaired) electrons. The Labute approximate surface area is 113 Å². The van der Waals surface area contributed by atoms with E-state index >= 15 is 0 Å². The van der Waals surface area contributed by atoms with Crippen LogP contribution in [0.25, 0.3) is 0 Å². The predicted octanol–water partition coefficient (Wildman–Crippen LogP) is 4.06. The zero-order valence-corrected chi connectivity index (χ0v) is 11.7. The van der Waals surface area contributed by atoms with Crippen LogP contribution in [0.15, 0.2) is 22.7 Å². The number of alkyl halides is 3. The zero-order chi connectivity index (χ0) is 13.8. The van der Waals surface area contributed by atoms with Crippen LogP contribution in [0, 0.1) is 0 Å². The van der Waals surface area contributed by atoms with E-state index in [1.54, 1.807) is 25.2 Å². The normalized spacial score (nSPS) is 13.4. The topological polar surface area (TPSA) is 21.3 Å². The van der Waals surface area contributed by atoms with Gasteiger partial charge in [0.25, 0.3) is 0 Å². The first-order valence-electron chi connectivity index (χ1n) is 5.45. The Morgan fingerprint density at radius 1 is 1.39 bits per heavy atom. The number of nitrogens with one attached hydrogen (secondary N) is 1. The highest BCUT2D eigenvalue weighted by Gasteiger charge is 2.28. The van der Waals surface area contributed by atoms with E-state index in [0.29, 0.717) is 5.75 Å². The monoisotopic (exact) mass is 325 g/mol. The van der Waals surface area contributed by atoms with E-state index in [0.717, 1.165) is 10.0 Å².